The molecule has 0 aliphatic heterocycles. The number of aliphatic hydroxyl groups is 3. The van der Waals surface area contributed by atoms with E-state index in [1.807, 2.05) is 45.2 Å². The first-order chi connectivity index (χ1) is 4.96. The van der Waals surface area contributed by atoms with E-state index in [1.165, 1.54) is 6.92 Å². The molecule has 3 nitrogen and oxygen atoms in total. The largest absolute Gasteiger partial charge is 0.389 e. The van der Waals surface area contributed by atoms with E-state index in [9.17, 15) is 15.3 Å². The van der Waals surface area contributed by atoms with Crippen molar-refractivity contribution >= 4 is 45.2 Å². The van der Waals surface area contributed by atoms with Crippen molar-refractivity contribution in [3.8, 4) is 0 Å². The predicted octanol–water partition coefficient (Wildman–Crippen LogP) is 0.329. The number of alkyl halides is 2. The van der Waals surface area contributed by atoms with Gasteiger partial charge in [-0.2, -0.15) is 0 Å². The van der Waals surface area contributed by atoms with Gasteiger partial charge in [-0.1, -0.05) is 45.2 Å². The summed E-state index contributed by atoms with van der Waals surface area (Å²) < 4.78 is 0.830. The summed E-state index contributed by atoms with van der Waals surface area (Å²) in [7, 11) is 0. The van der Waals surface area contributed by atoms with Crippen molar-refractivity contribution in [1.82, 2.24) is 0 Å². The van der Waals surface area contributed by atoms with Gasteiger partial charge >= 0.3 is 0 Å². The Kier molecular flexibility index (Phi) is 5.78. The van der Waals surface area contributed by atoms with Gasteiger partial charge in [0.2, 0.25) is 0 Å². The summed E-state index contributed by atoms with van der Waals surface area (Å²) in [5.74, 6) is 0. The lowest BCUT2D eigenvalue weighted by molar-refractivity contribution is -0.116. The molecule has 0 aromatic carbocycles. The molecule has 0 amide bonds. The third-order valence-electron chi connectivity index (χ3n) is 1.64. The van der Waals surface area contributed by atoms with Crippen LogP contribution in [0.1, 0.15) is 6.92 Å². The maximum absolute atomic E-state index is 9.54. The molecule has 0 rings (SSSR count). The third-order valence-corrected chi connectivity index (χ3v) is 3.31. The number of halogens is 2. The standard InChI is InChI=1S/C6H12I2O3/c1-6(11,4(9)2-7)5(10)3-8/h4-5,9-11H,2-3H2,1H3/t4-,5+,6+. The van der Waals surface area contributed by atoms with Crippen LogP contribution < -0.4 is 0 Å². The van der Waals surface area contributed by atoms with Crippen LogP contribution >= 0.6 is 45.2 Å². The summed E-state index contributed by atoms with van der Waals surface area (Å²) in [6.45, 7) is 1.44. The molecule has 0 fully saturated rings. The van der Waals surface area contributed by atoms with Crippen molar-refractivity contribution < 1.29 is 15.3 Å². The second kappa shape index (κ2) is 5.15. The summed E-state index contributed by atoms with van der Waals surface area (Å²) in [5.41, 5.74) is -1.39. The van der Waals surface area contributed by atoms with Crippen molar-refractivity contribution in [1.29, 1.82) is 0 Å². The fourth-order valence-electron chi connectivity index (χ4n) is 0.534. The van der Waals surface area contributed by atoms with E-state index in [4.69, 9.17) is 0 Å². The minimum Gasteiger partial charge on any atom is -0.389 e. The molecule has 0 aliphatic carbocycles. The Balaban J connectivity index is 4.18. The molecule has 68 valence electrons. The van der Waals surface area contributed by atoms with E-state index in [-0.39, 0.29) is 0 Å². The van der Waals surface area contributed by atoms with Crippen LogP contribution in [0.15, 0.2) is 0 Å². The van der Waals surface area contributed by atoms with Gasteiger partial charge in [0.1, 0.15) is 5.60 Å². The Morgan fingerprint density at radius 1 is 1.18 bits per heavy atom. The number of hydrogen-bond acceptors (Lipinski definition) is 3. The number of aliphatic hydroxyl groups excluding tert-OH is 2. The lowest BCUT2D eigenvalue weighted by Crippen LogP contribution is -2.51. The molecule has 11 heavy (non-hydrogen) atoms. The van der Waals surface area contributed by atoms with Gasteiger partial charge in [-0.15, -0.1) is 0 Å². The molecule has 0 spiro atoms. The quantitative estimate of drug-likeness (QED) is 0.483. The second-order valence-electron chi connectivity index (χ2n) is 2.57. The molecule has 0 bridgehead atoms. The van der Waals surface area contributed by atoms with E-state index < -0.39 is 17.8 Å². The lowest BCUT2D eigenvalue weighted by Gasteiger charge is -2.31. The van der Waals surface area contributed by atoms with Crippen LogP contribution in [0, 0.1) is 0 Å². The van der Waals surface area contributed by atoms with E-state index in [0.717, 1.165) is 0 Å². The Bertz CT molecular complexity index is 106. The first kappa shape index (κ1) is 12.3. The highest BCUT2D eigenvalue weighted by atomic mass is 127. The minimum absolute atomic E-state index is 0.415. The second-order valence-corrected chi connectivity index (χ2v) is 4.33. The summed E-state index contributed by atoms with van der Waals surface area (Å²) in [4.78, 5) is 0. The van der Waals surface area contributed by atoms with E-state index in [1.54, 1.807) is 0 Å². The summed E-state index contributed by atoms with van der Waals surface area (Å²) in [6, 6.07) is 0. The summed E-state index contributed by atoms with van der Waals surface area (Å²) >= 11 is 3.93. The molecule has 3 N–H and O–H groups in total. The Morgan fingerprint density at radius 2 is 1.45 bits per heavy atom. The molecule has 5 heteroatoms. The third kappa shape index (κ3) is 3.29. The molecule has 0 radical (unpaired) electrons. The Labute approximate surface area is 93.5 Å². The van der Waals surface area contributed by atoms with Crippen LogP contribution in [0.3, 0.4) is 0 Å². The van der Waals surface area contributed by atoms with Gasteiger partial charge in [0.15, 0.2) is 0 Å². The number of rotatable bonds is 4. The monoisotopic (exact) mass is 386 g/mol. The molecule has 3 atom stereocenters. The molecular weight excluding hydrogens is 374 g/mol. The van der Waals surface area contributed by atoms with Crippen LogP contribution in [0.25, 0.3) is 0 Å². The van der Waals surface area contributed by atoms with Crippen molar-refractivity contribution in [3.05, 3.63) is 0 Å². The van der Waals surface area contributed by atoms with Gasteiger partial charge in [0, 0.05) is 8.86 Å². The summed E-state index contributed by atoms with van der Waals surface area (Å²) in [6.07, 6.45) is -1.74. The van der Waals surface area contributed by atoms with Crippen molar-refractivity contribution in [2.75, 3.05) is 8.86 Å². The first-order valence-electron chi connectivity index (χ1n) is 3.17. The van der Waals surface area contributed by atoms with Gasteiger partial charge < -0.3 is 15.3 Å². The zero-order valence-electron chi connectivity index (χ0n) is 6.17. The minimum atomic E-state index is -1.39. The van der Waals surface area contributed by atoms with Gasteiger partial charge in [0.05, 0.1) is 12.2 Å². The molecule has 0 unspecified atom stereocenters. The number of hydrogen-bond donors (Lipinski definition) is 3. The van der Waals surface area contributed by atoms with Crippen LogP contribution in [-0.2, 0) is 0 Å². The maximum Gasteiger partial charge on any atom is 0.115 e. The smallest absolute Gasteiger partial charge is 0.115 e. The van der Waals surface area contributed by atoms with Gasteiger partial charge in [-0.3, -0.25) is 0 Å². The molecule has 0 aliphatic rings. The highest BCUT2D eigenvalue weighted by Crippen LogP contribution is 2.18. The van der Waals surface area contributed by atoms with Crippen molar-refractivity contribution in [3.63, 3.8) is 0 Å². The Hall–Kier alpha value is 1.34. The maximum atomic E-state index is 9.54. The average Bonchev–Trinajstić information content (AvgIpc) is 2.01. The highest BCUT2D eigenvalue weighted by Gasteiger charge is 2.36. The molecule has 0 saturated carbocycles. The first-order valence-corrected chi connectivity index (χ1v) is 6.22. The normalized spacial score (nSPS) is 22.4. The predicted molar refractivity (Wildman–Crippen MR) is 60.4 cm³/mol. The van der Waals surface area contributed by atoms with Crippen molar-refractivity contribution in [2.45, 2.75) is 24.7 Å². The fourth-order valence-corrected chi connectivity index (χ4v) is 2.32. The van der Waals surface area contributed by atoms with Gasteiger partial charge in [-0.25, -0.2) is 0 Å². The SMILES string of the molecule is C[C@](O)([C@H](O)CI)[C@@H](O)CI. The fraction of sp³-hybridized carbons (Fsp3) is 1.00. The zero-order valence-corrected chi connectivity index (χ0v) is 10.5. The molecular formula is C6H12I2O3. The van der Waals surface area contributed by atoms with Gasteiger partial charge in [0.25, 0.3) is 0 Å². The van der Waals surface area contributed by atoms with E-state index in [2.05, 4.69) is 0 Å². The van der Waals surface area contributed by atoms with Crippen LogP contribution in [0.2, 0.25) is 0 Å². The van der Waals surface area contributed by atoms with Crippen LogP contribution in [0.5, 0.6) is 0 Å². The van der Waals surface area contributed by atoms with E-state index >= 15 is 0 Å². The van der Waals surface area contributed by atoms with Crippen LogP contribution in [0.4, 0.5) is 0 Å². The molecule has 0 heterocycles. The lowest BCUT2D eigenvalue weighted by atomic mass is 9.95. The highest BCUT2D eigenvalue weighted by molar-refractivity contribution is 14.1. The topological polar surface area (TPSA) is 60.7 Å². The molecule has 0 saturated heterocycles. The van der Waals surface area contributed by atoms with Crippen LogP contribution in [-0.4, -0.2) is 42.0 Å². The van der Waals surface area contributed by atoms with E-state index in [0.29, 0.717) is 8.86 Å². The van der Waals surface area contributed by atoms with Gasteiger partial charge in [-0.05, 0) is 6.92 Å². The zero-order chi connectivity index (χ0) is 9.07. The molecule has 0 aromatic rings. The summed E-state index contributed by atoms with van der Waals surface area (Å²) in [5, 5.41) is 28.1. The van der Waals surface area contributed by atoms with Crippen molar-refractivity contribution in [2.24, 2.45) is 0 Å². The molecule has 0 aromatic heterocycles. The average molecular weight is 386 g/mol. The Morgan fingerprint density at radius 3 is 1.64 bits per heavy atom.